The summed E-state index contributed by atoms with van der Waals surface area (Å²) in [5.41, 5.74) is 0.639. The third kappa shape index (κ3) is 4.47. The van der Waals surface area contributed by atoms with Crippen molar-refractivity contribution in [2.75, 3.05) is 7.11 Å². The van der Waals surface area contributed by atoms with Gasteiger partial charge in [0.1, 0.15) is 5.75 Å². The molecule has 0 saturated heterocycles. The predicted molar refractivity (Wildman–Crippen MR) is 69.4 cm³/mol. The maximum absolute atomic E-state index is 11.9. The van der Waals surface area contributed by atoms with E-state index in [-0.39, 0.29) is 11.9 Å². The molecule has 1 N–H and O–H groups in total. The summed E-state index contributed by atoms with van der Waals surface area (Å²) >= 11 is 0. The van der Waals surface area contributed by atoms with Crippen molar-refractivity contribution in [2.45, 2.75) is 33.2 Å². The highest BCUT2D eigenvalue weighted by Crippen LogP contribution is 2.13. The Hall–Kier alpha value is -1.51. The zero-order chi connectivity index (χ0) is 12.8. The number of ether oxygens (including phenoxy) is 1. The molecular weight excluding hydrogens is 214 g/mol. The molecule has 0 aromatic heterocycles. The molecule has 0 spiro atoms. The van der Waals surface area contributed by atoms with Crippen molar-refractivity contribution in [1.82, 2.24) is 5.32 Å². The molecule has 0 aliphatic heterocycles. The minimum Gasteiger partial charge on any atom is -0.497 e. The molecule has 0 fully saturated rings. The fourth-order valence-electron chi connectivity index (χ4n) is 1.84. The Morgan fingerprint density at radius 1 is 1.35 bits per heavy atom. The summed E-state index contributed by atoms with van der Waals surface area (Å²) in [5.74, 6) is 1.24. The highest BCUT2D eigenvalue weighted by atomic mass is 16.5. The van der Waals surface area contributed by atoms with E-state index in [0.29, 0.717) is 17.2 Å². The Bertz CT molecular complexity index is 374. The maximum Gasteiger partial charge on any atom is 0.251 e. The van der Waals surface area contributed by atoms with Crippen LogP contribution in [0.2, 0.25) is 0 Å². The Balaban J connectivity index is 2.63. The first-order valence-electron chi connectivity index (χ1n) is 5.98. The summed E-state index contributed by atoms with van der Waals surface area (Å²) in [6, 6.07) is 7.38. The number of amides is 1. The quantitative estimate of drug-likeness (QED) is 0.852. The summed E-state index contributed by atoms with van der Waals surface area (Å²) in [6.07, 6.45) is 0.982. The Kier molecular flexibility index (Phi) is 5.01. The van der Waals surface area contributed by atoms with E-state index >= 15 is 0 Å². The van der Waals surface area contributed by atoms with Crippen molar-refractivity contribution in [3.05, 3.63) is 29.8 Å². The molecule has 0 bridgehead atoms. The van der Waals surface area contributed by atoms with Gasteiger partial charge in [0.2, 0.25) is 0 Å². The second-order valence-corrected chi connectivity index (χ2v) is 4.74. The lowest BCUT2D eigenvalue weighted by atomic mass is 10.0. The molecule has 1 aromatic rings. The Labute approximate surface area is 103 Å². The number of benzene rings is 1. The van der Waals surface area contributed by atoms with Gasteiger partial charge in [-0.25, -0.2) is 0 Å². The normalized spacial score (nSPS) is 12.3. The van der Waals surface area contributed by atoms with Crippen LogP contribution in [0.4, 0.5) is 0 Å². The molecular formula is C14H21NO2. The van der Waals surface area contributed by atoms with Crippen LogP contribution in [0.3, 0.4) is 0 Å². The molecule has 0 aliphatic carbocycles. The second-order valence-electron chi connectivity index (χ2n) is 4.74. The highest BCUT2D eigenvalue weighted by molar-refractivity contribution is 5.94. The molecule has 0 saturated carbocycles. The van der Waals surface area contributed by atoms with E-state index in [4.69, 9.17) is 4.74 Å². The van der Waals surface area contributed by atoms with Crippen molar-refractivity contribution in [1.29, 1.82) is 0 Å². The zero-order valence-electron chi connectivity index (χ0n) is 11.0. The Morgan fingerprint density at radius 2 is 2.06 bits per heavy atom. The van der Waals surface area contributed by atoms with Crippen LogP contribution in [0.25, 0.3) is 0 Å². The van der Waals surface area contributed by atoms with Crippen LogP contribution in [0.15, 0.2) is 24.3 Å². The van der Waals surface area contributed by atoms with E-state index in [0.717, 1.165) is 6.42 Å². The standard InChI is InChI=1S/C14H21NO2/c1-10(2)8-11(3)15-14(16)12-6-5-7-13(9-12)17-4/h5-7,9-11H,8H2,1-4H3,(H,15,16). The minimum absolute atomic E-state index is 0.0444. The first kappa shape index (κ1) is 13.6. The van der Waals surface area contributed by atoms with Crippen molar-refractivity contribution < 1.29 is 9.53 Å². The molecule has 17 heavy (non-hydrogen) atoms. The SMILES string of the molecule is COc1cccc(C(=O)NC(C)CC(C)C)c1. The average molecular weight is 235 g/mol. The fraction of sp³-hybridized carbons (Fsp3) is 0.500. The Morgan fingerprint density at radius 3 is 2.65 bits per heavy atom. The van der Waals surface area contributed by atoms with Crippen LogP contribution in [0, 0.1) is 5.92 Å². The van der Waals surface area contributed by atoms with Crippen molar-refractivity contribution in [2.24, 2.45) is 5.92 Å². The topological polar surface area (TPSA) is 38.3 Å². The highest BCUT2D eigenvalue weighted by Gasteiger charge is 2.11. The molecule has 0 radical (unpaired) electrons. The van der Waals surface area contributed by atoms with E-state index in [1.165, 1.54) is 0 Å². The molecule has 1 unspecified atom stereocenters. The third-order valence-electron chi connectivity index (χ3n) is 2.53. The number of hydrogen-bond acceptors (Lipinski definition) is 2. The molecule has 3 nitrogen and oxygen atoms in total. The summed E-state index contributed by atoms with van der Waals surface area (Å²) in [4.78, 5) is 11.9. The van der Waals surface area contributed by atoms with Crippen molar-refractivity contribution >= 4 is 5.91 Å². The largest absolute Gasteiger partial charge is 0.497 e. The lowest BCUT2D eigenvalue weighted by Crippen LogP contribution is -2.33. The first-order chi connectivity index (χ1) is 8.02. The number of carbonyl (C=O) groups is 1. The third-order valence-corrected chi connectivity index (χ3v) is 2.53. The van der Waals surface area contributed by atoms with E-state index in [1.807, 2.05) is 19.1 Å². The van der Waals surface area contributed by atoms with Crippen molar-refractivity contribution in [3.63, 3.8) is 0 Å². The molecule has 1 aromatic carbocycles. The monoisotopic (exact) mass is 235 g/mol. The molecule has 94 valence electrons. The van der Waals surface area contributed by atoms with Crippen LogP contribution in [-0.2, 0) is 0 Å². The van der Waals surface area contributed by atoms with Gasteiger partial charge < -0.3 is 10.1 Å². The van der Waals surface area contributed by atoms with Crippen LogP contribution >= 0.6 is 0 Å². The zero-order valence-corrected chi connectivity index (χ0v) is 11.0. The summed E-state index contributed by atoms with van der Waals surface area (Å²) in [7, 11) is 1.60. The molecule has 0 heterocycles. The summed E-state index contributed by atoms with van der Waals surface area (Å²) in [6.45, 7) is 6.32. The smallest absolute Gasteiger partial charge is 0.251 e. The predicted octanol–water partition coefficient (Wildman–Crippen LogP) is 2.86. The molecule has 1 rings (SSSR count). The van der Waals surface area contributed by atoms with Crippen LogP contribution in [-0.4, -0.2) is 19.1 Å². The molecule has 0 aliphatic rings. The summed E-state index contributed by atoms with van der Waals surface area (Å²) < 4.78 is 5.09. The lowest BCUT2D eigenvalue weighted by Gasteiger charge is -2.16. The summed E-state index contributed by atoms with van der Waals surface area (Å²) in [5, 5.41) is 2.98. The van der Waals surface area contributed by atoms with Gasteiger partial charge in [0, 0.05) is 11.6 Å². The van der Waals surface area contributed by atoms with E-state index in [9.17, 15) is 4.79 Å². The van der Waals surface area contributed by atoms with Crippen molar-refractivity contribution in [3.8, 4) is 5.75 Å². The van der Waals surface area contributed by atoms with Gasteiger partial charge in [-0.2, -0.15) is 0 Å². The average Bonchev–Trinajstić information content (AvgIpc) is 2.27. The van der Waals surface area contributed by atoms with Gasteiger partial charge in [-0.3, -0.25) is 4.79 Å². The number of hydrogen-bond donors (Lipinski definition) is 1. The van der Waals surface area contributed by atoms with Gasteiger partial charge in [-0.15, -0.1) is 0 Å². The van der Waals surface area contributed by atoms with Gasteiger partial charge in [0.15, 0.2) is 0 Å². The van der Waals surface area contributed by atoms with E-state index < -0.39 is 0 Å². The van der Waals surface area contributed by atoms with Gasteiger partial charge in [0.05, 0.1) is 7.11 Å². The van der Waals surface area contributed by atoms with E-state index in [2.05, 4.69) is 19.2 Å². The number of nitrogens with one attached hydrogen (secondary N) is 1. The fourth-order valence-corrected chi connectivity index (χ4v) is 1.84. The van der Waals surface area contributed by atoms with Crippen LogP contribution in [0.5, 0.6) is 5.75 Å². The van der Waals surface area contributed by atoms with Gasteiger partial charge in [0.25, 0.3) is 5.91 Å². The second kappa shape index (κ2) is 6.28. The maximum atomic E-state index is 11.9. The van der Waals surface area contributed by atoms with Crippen LogP contribution < -0.4 is 10.1 Å². The number of carbonyl (C=O) groups excluding carboxylic acids is 1. The number of methoxy groups -OCH3 is 1. The van der Waals surface area contributed by atoms with Crippen LogP contribution in [0.1, 0.15) is 37.6 Å². The minimum atomic E-state index is -0.0444. The van der Waals surface area contributed by atoms with Gasteiger partial charge in [-0.05, 0) is 37.5 Å². The van der Waals surface area contributed by atoms with Gasteiger partial charge >= 0.3 is 0 Å². The number of rotatable bonds is 5. The lowest BCUT2D eigenvalue weighted by molar-refractivity contribution is 0.0936. The molecule has 1 atom stereocenters. The molecule has 3 heteroatoms. The molecule has 1 amide bonds. The van der Waals surface area contributed by atoms with Gasteiger partial charge in [-0.1, -0.05) is 19.9 Å². The first-order valence-corrected chi connectivity index (χ1v) is 5.98. The van der Waals surface area contributed by atoms with E-state index in [1.54, 1.807) is 19.2 Å².